The Morgan fingerprint density at radius 3 is 1.94 bits per heavy atom. The molecule has 1 N–H and O–H groups in total. The van der Waals surface area contributed by atoms with Crippen LogP contribution >= 0.6 is 0 Å². The van der Waals surface area contributed by atoms with Gasteiger partial charge < -0.3 is 5.32 Å². The fourth-order valence-electron chi connectivity index (χ4n) is 1.42. The third kappa shape index (κ3) is 5.26. The lowest BCUT2D eigenvalue weighted by Gasteiger charge is -2.20. The molecule has 1 aromatic heterocycles. The summed E-state index contributed by atoms with van der Waals surface area (Å²) in [4.78, 5) is 8.83. The summed E-state index contributed by atoms with van der Waals surface area (Å²) in [5.74, 6) is 0.912. The molecule has 0 fully saturated rings. The maximum atomic E-state index is 4.41. The standard InChI is InChI=1S/C14H25N3/c1-13(2,3)11-9-15-12(16-10-11)7-8-17-14(4,5)6/h9-10,17H,7-8H2,1-6H3. The average molecular weight is 235 g/mol. The van der Waals surface area contributed by atoms with Gasteiger partial charge >= 0.3 is 0 Å². The molecule has 0 aromatic carbocycles. The number of nitrogens with zero attached hydrogens (tertiary/aromatic N) is 2. The molecule has 1 rings (SSSR count). The Hall–Kier alpha value is -0.960. The third-order valence-corrected chi connectivity index (χ3v) is 2.58. The fraction of sp³-hybridized carbons (Fsp3) is 0.714. The van der Waals surface area contributed by atoms with Gasteiger partial charge in [-0.25, -0.2) is 9.97 Å². The molecule has 3 heteroatoms. The van der Waals surface area contributed by atoms with E-state index in [1.165, 1.54) is 5.56 Å². The van der Waals surface area contributed by atoms with E-state index in [4.69, 9.17) is 0 Å². The third-order valence-electron chi connectivity index (χ3n) is 2.58. The van der Waals surface area contributed by atoms with Gasteiger partial charge in [-0.2, -0.15) is 0 Å². The Kier molecular flexibility index (Phi) is 4.26. The predicted molar refractivity (Wildman–Crippen MR) is 72.2 cm³/mol. The number of rotatable bonds is 3. The van der Waals surface area contributed by atoms with Gasteiger partial charge in [0, 0.05) is 30.9 Å². The second-order valence-corrected chi connectivity index (χ2v) is 6.56. The predicted octanol–water partition coefficient (Wildman–Crippen LogP) is 2.70. The van der Waals surface area contributed by atoms with Crippen LogP contribution in [-0.4, -0.2) is 22.1 Å². The van der Waals surface area contributed by atoms with Crippen molar-refractivity contribution in [1.29, 1.82) is 0 Å². The van der Waals surface area contributed by atoms with Gasteiger partial charge in [-0.05, 0) is 31.7 Å². The Balaban J connectivity index is 2.52. The van der Waals surface area contributed by atoms with Crippen molar-refractivity contribution >= 4 is 0 Å². The smallest absolute Gasteiger partial charge is 0.129 e. The minimum Gasteiger partial charge on any atom is -0.312 e. The van der Waals surface area contributed by atoms with Gasteiger partial charge in [-0.1, -0.05) is 20.8 Å². The van der Waals surface area contributed by atoms with Gasteiger partial charge in [0.25, 0.3) is 0 Å². The van der Waals surface area contributed by atoms with E-state index in [0.29, 0.717) is 0 Å². The van der Waals surface area contributed by atoms with Crippen LogP contribution in [0.3, 0.4) is 0 Å². The molecule has 1 aromatic rings. The van der Waals surface area contributed by atoms with E-state index in [9.17, 15) is 0 Å². The lowest BCUT2D eigenvalue weighted by Crippen LogP contribution is -2.37. The summed E-state index contributed by atoms with van der Waals surface area (Å²) < 4.78 is 0. The molecule has 0 unspecified atom stereocenters. The zero-order chi connectivity index (χ0) is 13.1. The highest BCUT2D eigenvalue weighted by Gasteiger charge is 2.14. The Labute approximate surface area is 105 Å². The van der Waals surface area contributed by atoms with Crippen molar-refractivity contribution in [1.82, 2.24) is 15.3 Å². The highest BCUT2D eigenvalue weighted by Crippen LogP contribution is 2.19. The van der Waals surface area contributed by atoms with Crippen LogP contribution in [0.4, 0.5) is 0 Å². The molecular formula is C14H25N3. The summed E-state index contributed by atoms with van der Waals surface area (Å²) in [5.41, 5.74) is 1.47. The highest BCUT2D eigenvalue weighted by molar-refractivity contribution is 5.15. The van der Waals surface area contributed by atoms with Crippen LogP contribution in [-0.2, 0) is 11.8 Å². The van der Waals surface area contributed by atoms with E-state index in [-0.39, 0.29) is 11.0 Å². The summed E-state index contributed by atoms with van der Waals surface area (Å²) in [6, 6.07) is 0. The summed E-state index contributed by atoms with van der Waals surface area (Å²) in [5, 5.41) is 3.44. The Morgan fingerprint density at radius 1 is 1.00 bits per heavy atom. The first-order valence-corrected chi connectivity index (χ1v) is 6.25. The number of nitrogens with one attached hydrogen (secondary N) is 1. The zero-order valence-corrected chi connectivity index (χ0v) is 12.0. The molecule has 0 bridgehead atoms. The fourth-order valence-corrected chi connectivity index (χ4v) is 1.42. The van der Waals surface area contributed by atoms with Crippen molar-refractivity contribution in [3.8, 4) is 0 Å². The maximum absolute atomic E-state index is 4.41. The molecule has 3 nitrogen and oxygen atoms in total. The van der Waals surface area contributed by atoms with Gasteiger partial charge in [-0.15, -0.1) is 0 Å². The molecule has 17 heavy (non-hydrogen) atoms. The van der Waals surface area contributed by atoms with Crippen LogP contribution in [0.1, 0.15) is 52.9 Å². The first-order valence-electron chi connectivity index (χ1n) is 6.25. The summed E-state index contributed by atoms with van der Waals surface area (Å²) >= 11 is 0. The second-order valence-electron chi connectivity index (χ2n) is 6.56. The largest absolute Gasteiger partial charge is 0.312 e. The van der Waals surface area contributed by atoms with E-state index in [1.54, 1.807) is 0 Å². The first-order chi connectivity index (χ1) is 7.68. The molecule has 0 saturated carbocycles. The van der Waals surface area contributed by atoms with Crippen LogP contribution in [0.2, 0.25) is 0 Å². The molecular weight excluding hydrogens is 210 g/mol. The van der Waals surface area contributed by atoms with Crippen molar-refractivity contribution in [2.24, 2.45) is 0 Å². The molecule has 1 heterocycles. The van der Waals surface area contributed by atoms with Crippen LogP contribution in [0.5, 0.6) is 0 Å². The van der Waals surface area contributed by atoms with Crippen molar-refractivity contribution in [3.05, 3.63) is 23.8 Å². The van der Waals surface area contributed by atoms with E-state index in [0.717, 1.165) is 18.8 Å². The summed E-state index contributed by atoms with van der Waals surface area (Å²) in [6.07, 6.45) is 4.76. The Morgan fingerprint density at radius 2 is 1.53 bits per heavy atom. The monoisotopic (exact) mass is 235 g/mol. The number of aromatic nitrogens is 2. The van der Waals surface area contributed by atoms with Gasteiger partial charge in [0.15, 0.2) is 0 Å². The summed E-state index contributed by atoms with van der Waals surface area (Å²) in [7, 11) is 0. The van der Waals surface area contributed by atoms with Crippen LogP contribution in [0.25, 0.3) is 0 Å². The van der Waals surface area contributed by atoms with Gasteiger partial charge in [-0.3, -0.25) is 0 Å². The van der Waals surface area contributed by atoms with Crippen LogP contribution in [0.15, 0.2) is 12.4 Å². The van der Waals surface area contributed by atoms with Gasteiger partial charge in [0.1, 0.15) is 5.82 Å². The van der Waals surface area contributed by atoms with Crippen molar-refractivity contribution < 1.29 is 0 Å². The molecule has 0 aliphatic rings. The van der Waals surface area contributed by atoms with E-state index in [2.05, 4.69) is 56.8 Å². The quantitative estimate of drug-likeness (QED) is 0.875. The molecule has 0 saturated heterocycles. The SMILES string of the molecule is CC(C)(C)NCCc1ncc(C(C)(C)C)cn1. The van der Waals surface area contributed by atoms with Crippen molar-refractivity contribution in [2.45, 2.75) is 58.9 Å². The Bertz CT molecular complexity index is 341. The van der Waals surface area contributed by atoms with E-state index in [1.807, 2.05) is 12.4 Å². The lowest BCUT2D eigenvalue weighted by atomic mass is 9.89. The molecule has 0 atom stereocenters. The zero-order valence-electron chi connectivity index (χ0n) is 12.0. The lowest BCUT2D eigenvalue weighted by molar-refractivity contribution is 0.427. The molecule has 0 spiro atoms. The highest BCUT2D eigenvalue weighted by atomic mass is 15.0. The molecule has 0 aliphatic heterocycles. The van der Waals surface area contributed by atoms with Gasteiger partial charge in [0.2, 0.25) is 0 Å². The van der Waals surface area contributed by atoms with E-state index >= 15 is 0 Å². The number of hydrogen-bond donors (Lipinski definition) is 1. The number of hydrogen-bond acceptors (Lipinski definition) is 3. The average Bonchev–Trinajstić information content (AvgIpc) is 2.15. The van der Waals surface area contributed by atoms with E-state index < -0.39 is 0 Å². The van der Waals surface area contributed by atoms with Crippen molar-refractivity contribution in [2.75, 3.05) is 6.54 Å². The van der Waals surface area contributed by atoms with Crippen molar-refractivity contribution in [3.63, 3.8) is 0 Å². The minimum atomic E-state index is 0.127. The normalized spacial score (nSPS) is 12.8. The summed E-state index contributed by atoms with van der Waals surface area (Å²) in [6.45, 7) is 13.9. The molecule has 96 valence electrons. The topological polar surface area (TPSA) is 37.8 Å². The molecule has 0 amide bonds. The molecule has 0 aliphatic carbocycles. The maximum Gasteiger partial charge on any atom is 0.129 e. The first kappa shape index (κ1) is 14.1. The van der Waals surface area contributed by atoms with Crippen LogP contribution < -0.4 is 5.32 Å². The van der Waals surface area contributed by atoms with Crippen LogP contribution in [0, 0.1) is 0 Å². The molecule has 0 radical (unpaired) electrons. The second kappa shape index (κ2) is 5.13. The minimum absolute atomic E-state index is 0.127. The van der Waals surface area contributed by atoms with Gasteiger partial charge in [0.05, 0.1) is 0 Å².